The standard InChI is InChI=1S/C16H20N4O2/c1-21-11-9-19-13-5-3-8-18-16(13)20(10-12-22-2)14-6-4-7-17-15(14)19/h3-8H,9-12H2,1-2H3. The summed E-state index contributed by atoms with van der Waals surface area (Å²) >= 11 is 0. The zero-order valence-corrected chi connectivity index (χ0v) is 12.9. The Kier molecular flexibility index (Phi) is 4.50. The number of ether oxygens (including phenoxy) is 2. The van der Waals surface area contributed by atoms with E-state index in [0.717, 1.165) is 36.1 Å². The maximum Gasteiger partial charge on any atom is 0.157 e. The van der Waals surface area contributed by atoms with E-state index >= 15 is 0 Å². The summed E-state index contributed by atoms with van der Waals surface area (Å²) < 4.78 is 10.5. The van der Waals surface area contributed by atoms with Crippen LogP contribution >= 0.6 is 0 Å². The van der Waals surface area contributed by atoms with Crippen LogP contribution in [0, 0.1) is 0 Å². The van der Waals surface area contributed by atoms with Gasteiger partial charge in [0, 0.05) is 39.7 Å². The summed E-state index contributed by atoms with van der Waals surface area (Å²) in [4.78, 5) is 13.5. The third-order valence-corrected chi connectivity index (χ3v) is 3.66. The number of rotatable bonds is 6. The van der Waals surface area contributed by atoms with Crippen LogP contribution in [0.1, 0.15) is 0 Å². The lowest BCUT2D eigenvalue weighted by Gasteiger charge is -2.38. The third kappa shape index (κ3) is 2.63. The maximum absolute atomic E-state index is 5.24. The second kappa shape index (κ2) is 6.72. The Balaban J connectivity index is 2.06. The van der Waals surface area contributed by atoms with Crippen molar-refractivity contribution in [3.05, 3.63) is 36.7 Å². The highest BCUT2D eigenvalue weighted by atomic mass is 16.5. The fourth-order valence-electron chi connectivity index (χ4n) is 2.66. The molecular weight excluding hydrogens is 280 g/mol. The molecule has 22 heavy (non-hydrogen) atoms. The van der Waals surface area contributed by atoms with Gasteiger partial charge in [-0.15, -0.1) is 0 Å². The average Bonchev–Trinajstić information content (AvgIpc) is 2.58. The molecule has 3 rings (SSSR count). The van der Waals surface area contributed by atoms with Gasteiger partial charge in [0.2, 0.25) is 0 Å². The van der Waals surface area contributed by atoms with Crippen LogP contribution in [0.5, 0.6) is 0 Å². The minimum absolute atomic E-state index is 0.627. The van der Waals surface area contributed by atoms with E-state index in [-0.39, 0.29) is 0 Å². The van der Waals surface area contributed by atoms with Crippen LogP contribution in [0.15, 0.2) is 36.7 Å². The van der Waals surface area contributed by atoms with Gasteiger partial charge < -0.3 is 19.3 Å². The van der Waals surface area contributed by atoms with Gasteiger partial charge in [-0.3, -0.25) is 0 Å². The van der Waals surface area contributed by atoms with Crippen molar-refractivity contribution < 1.29 is 9.47 Å². The van der Waals surface area contributed by atoms with Crippen molar-refractivity contribution in [2.45, 2.75) is 0 Å². The topological polar surface area (TPSA) is 50.7 Å². The van der Waals surface area contributed by atoms with Crippen LogP contribution < -0.4 is 9.80 Å². The highest BCUT2D eigenvalue weighted by Gasteiger charge is 2.29. The molecule has 1 aliphatic rings. The van der Waals surface area contributed by atoms with Crippen molar-refractivity contribution in [2.24, 2.45) is 0 Å². The molecule has 2 aromatic heterocycles. The molecule has 1 aliphatic heterocycles. The number of hydrogen-bond acceptors (Lipinski definition) is 6. The Labute approximate surface area is 130 Å². The molecule has 0 saturated heterocycles. The molecule has 0 N–H and O–H groups in total. The molecule has 0 spiro atoms. The molecule has 0 atom stereocenters. The summed E-state index contributed by atoms with van der Waals surface area (Å²) in [6.07, 6.45) is 3.63. The highest BCUT2D eigenvalue weighted by molar-refractivity contribution is 5.89. The van der Waals surface area contributed by atoms with Crippen molar-refractivity contribution in [3.63, 3.8) is 0 Å². The smallest absolute Gasteiger partial charge is 0.157 e. The summed E-state index contributed by atoms with van der Waals surface area (Å²) in [6.45, 7) is 2.72. The number of anilines is 4. The van der Waals surface area contributed by atoms with Gasteiger partial charge in [-0.1, -0.05) is 0 Å². The lowest BCUT2D eigenvalue weighted by Crippen LogP contribution is -2.34. The molecule has 2 aromatic rings. The molecule has 0 saturated carbocycles. The van der Waals surface area contributed by atoms with Gasteiger partial charge in [0.1, 0.15) is 0 Å². The first kappa shape index (κ1) is 14.7. The molecule has 116 valence electrons. The van der Waals surface area contributed by atoms with E-state index in [2.05, 4.69) is 31.9 Å². The fourth-order valence-corrected chi connectivity index (χ4v) is 2.66. The summed E-state index contributed by atoms with van der Waals surface area (Å²) in [7, 11) is 3.41. The largest absolute Gasteiger partial charge is 0.383 e. The van der Waals surface area contributed by atoms with Gasteiger partial charge in [-0.05, 0) is 24.3 Å². The third-order valence-electron chi connectivity index (χ3n) is 3.66. The Morgan fingerprint density at radius 3 is 1.68 bits per heavy atom. The number of fused-ring (bicyclic) bond motifs is 2. The summed E-state index contributed by atoms with van der Waals surface area (Å²) in [5.41, 5.74) is 2.09. The molecule has 0 radical (unpaired) electrons. The van der Waals surface area contributed by atoms with Gasteiger partial charge in [-0.25, -0.2) is 9.97 Å². The van der Waals surface area contributed by atoms with E-state index in [9.17, 15) is 0 Å². The normalized spacial score (nSPS) is 13.0. The Bertz CT molecular complexity index is 534. The molecular formula is C16H20N4O2. The van der Waals surface area contributed by atoms with E-state index in [1.54, 1.807) is 14.2 Å². The minimum Gasteiger partial charge on any atom is -0.383 e. The van der Waals surface area contributed by atoms with Crippen LogP contribution in [0.3, 0.4) is 0 Å². The monoisotopic (exact) mass is 300 g/mol. The molecule has 0 amide bonds. The van der Waals surface area contributed by atoms with Crippen LogP contribution in [-0.2, 0) is 9.47 Å². The van der Waals surface area contributed by atoms with Crippen molar-refractivity contribution in [1.29, 1.82) is 0 Å². The molecule has 0 aliphatic carbocycles. The van der Waals surface area contributed by atoms with Crippen LogP contribution in [0.4, 0.5) is 23.0 Å². The summed E-state index contributed by atoms with van der Waals surface area (Å²) in [6, 6.07) is 8.02. The molecule has 0 unspecified atom stereocenters. The second-order valence-corrected chi connectivity index (χ2v) is 4.98. The fraction of sp³-hybridized carbons (Fsp3) is 0.375. The lowest BCUT2D eigenvalue weighted by molar-refractivity contribution is 0.206. The maximum atomic E-state index is 5.24. The first-order chi connectivity index (χ1) is 10.9. The molecule has 3 heterocycles. The summed E-state index contributed by atoms with van der Waals surface area (Å²) in [5.74, 6) is 1.85. The first-order valence-corrected chi connectivity index (χ1v) is 7.30. The quantitative estimate of drug-likeness (QED) is 0.816. The van der Waals surface area contributed by atoms with E-state index in [1.165, 1.54) is 0 Å². The van der Waals surface area contributed by atoms with E-state index in [1.807, 2.05) is 24.5 Å². The van der Waals surface area contributed by atoms with Gasteiger partial charge in [0.25, 0.3) is 0 Å². The van der Waals surface area contributed by atoms with Crippen molar-refractivity contribution in [2.75, 3.05) is 50.3 Å². The Hall–Kier alpha value is -2.18. The molecule has 0 aromatic carbocycles. The molecule has 6 heteroatoms. The van der Waals surface area contributed by atoms with E-state index < -0.39 is 0 Å². The number of pyridine rings is 2. The predicted molar refractivity (Wildman–Crippen MR) is 86.2 cm³/mol. The Morgan fingerprint density at radius 1 is 0.818 bits per heavy atom. The van der Waals surface area contributed by atoms with E-state index in [0.29, 0.717) is 13.2 Å². The SMILES string of the molecule is COCCN1c2cccnc2N(CCOC)c2cccnc21. The molecule has 6 nitrogen and oxygen atoms in total. The van der Waals surface area contributed by atoms with Gasteiger partial charge in [-0.2, -0.15) is 0 Å². The van der Waals surface area contributed by atoms with Crippen molar-refractivity contribution >= 4 is 23.0 Å². The van der Waals surface area contributed by atoms with Gasteiger partial charge in [0.15, 0.2) is 11.6 Å². The van der Waals surface area contributed by atoms with Gasteiger partial charge in [0.05, 0.1) is 24.6 Å². The lowest BCUT2D eigenvalue weighted by atomic mass is 10.2. The zero-order valence-electron chi connectivity index (χ0n) is 12.9. The number of nitrogens with zero attached hydrogens (tertiary/aromatic N) is 4. The first-order valence-electron chi connectivity index (χ1n) is 7.30. The Morgan fingerprint density at radius 2 is 1.27 bits per heavy atom. The average molecular weight is 300 g/mol. The zero-order chi connectivity index (χ0) is 15.4. The summed E-state index contributed by atoms with van der Waals surface area (Å²) in [5, 5.41) is 0. The predicted octanol–water partition coefficient (Wildman–Crippen LogP) is 2.36. The molecule has 0 bridgehead atoms. The highest BCUT2D eigenvalue weighted by Crippen LogP contribution is 2.44. The number of hydrogen-bond donors (Lipinski definition) is 0. The van der Waals surface area contributed by atoms with Crippen LogP contribution in [-0.4, -0.2) is 50.5 Å². The number of aromatic nitrogens is 2. The van der Waals surface area contributed by atoms with Crippen LogP contribution in [0.2, 0.25) is 0 Å². The minimum atomic E-state index is 0.627. The molecule has 0 fully saturated rings. The van der Waals surface area contributed by atoms with Gasteiger partial charge >= 0.3 is 0 Å². The number of methoxy groups -OCH3 is 2. The van der Waals surface area contributed by atoms with Crippen LogP contribution in [0.25, 0.3) is 0 Å². The van der Waals surface area contributed by atoms with Crippen molar-refractivity contribution in [1.82, 2.24) is 9.97 Å². The van der Waals surface area contributed by atoms with Crippen molar-refractivity contribution in [3.8, 4) is 0 Å². The second-order valence-electron chi connectivity index (χ2n) is 4.98. The van der Waals surface area contributed by atoms with E-state index in [4.69, 9.17) is 9.47 Å².